The topological polar surface area (TPSA) is 277 Å². The summed E-state index contributed by atoms with van der Waals surface area (Å²) in [5.74, 6) is 0. The standard InChI is InChI=1S/C60H184O30Si31/c1-91-61-92(2)62-93(3)63-95(7,8)65-97(11,12)67-99(15,16)69-101(19,20)71-103(23,24)73-105(27,28)75-107(31,32)77-109(35,36)79-111(39,40)81-113(43,44)83-115(47,48)85-117(51,52)87-119(55,56)89-121(59,60)90-120(57,58)88-118(53,54)86-116(49,50)84-114(45,46)82-112(41,42)80-110(37,38)78-108(33,34)76-106(29,30)74-104(25,26)72-102(21,22)70-100(17,18)68-98(13,14)66-96(9,10)64-94(4,5)6/h92-93H,91H2,1-60H3. The molecule has 0 amide bonds. The van der Waals surface area contributed by atoms with E-state index in [4.69, 9.17) is 123 Å². The van der Waals surface area contributed by atoms with Gasteiger partial charge >= 0.3 is 231 Å². The van der Waals surface area contributed by atoms with Crippen molar-refractivity contribution in [2.24, 2.45) is 0 Å². The summed E-state index contributed by atoms with van der Waals surface area (Å²) in [5.41, 5.74) is 0. The smallest absolute Gasteiger partial charge is 0.314 e. The quantitative estimate of drug-likeness (QED) is 0.0512. The first kappa shape index (κ1) is 127. The summed E-state index contributed by atoms with van der Waals surface area (Å²) >= 11 is 0. The van der Waals surface area contributed by atoms with Crippen molar-refractivity contribution < 1.29 is 123 Å². The van der Waals surface area contributed by atoms with Gasteiger partial charge in [-0.05, 0) is 386 Å². The van der Waals surface area contributed by atoms with Crippen molar-refractivity contribution >= 4 is 268 Å². The van der Waals surface area contributed by atoms with E-state index < -0.39 is 268 Å². The van der Waals surface area contributed by atoms with Crippen molar-refractivity contribution in [3.05, 3.63) is 0 Å². The van der Waals surface area contributed by atoms with Crippen LogP contribution in [-0.4, -0.2) is 268 Å². The van der Waals surface area contributed by atoms with Crippen LogP contribution in [0.15, 0.2) is 0 Å². The van der Waals surface area contributed by atoms with Crippen LogP contribution in [0.2, 0.25) is 393 Å². The van der Waals surface area contributed by atoms with E-state index in [1.165, 1.54) is 0 Å². The zero-order valence-electron chi connectivity index (χ0n) is 88.1. The Balaban J connectivity index is 5.95. The molecule has 30 nitrogen and oxygen atoms in total. The summed E-state index contributed by atoms with van der Waals surface area (Å²) in [5, 5.41) is 0. The van der Waals surface area contributed by atoms with Crippen LogP contribution in [0.1, 0.15) is 0 Å². The molecule has 0 aromatic rings. The van der Waals surface area contributed by atoms with Crippen LogP contribution in [0.3, 0.4) is 0 Å². The van der Waals surface area contributed by atoms with Crippen molar-refractivity contribution in [3.63, 3.8) is 0 Å². The summed E-state index contributed by atoms with van der Waals surface area (Å²) in [6.07, 6.45) is 0. The van der Waals surface area contributed by atoms with E-state index in [0.29, 0.717) is 0 Å². The third kappa shape index (κ3) is 59.4. The van der Waals surface area contributed by atoms with Crippen molar-refractivity contribution in [1.29, 1.82) is 0 Å². The predicted octanol–water partition coefficient (Wildman–Crippen LogP) is 20.1. The number of hydrogen-bond donors (Lipinski definition) is 0. The SMILES string of the molecule is C[SiH2]O[SiH](C)O[SiH](C)O[Si](C)(C)O[Si](C)(C)O[Si](C)(C)O[Si](C)(C)O[Si](C)(C)O[Si](C)(C)O[Si](C)(C)O[Si](C)(C)O[Si](C)(C)O[Si](C)(C)O[Si](C)(C)O[Si](C)(C)O[Si](C)(C)O[Si](C)(C)O[Si](C)(C)O[Si](C)(C)O[Si](C)(C)O[Si](C)(C)O[Si](C)(C)O[Si](C)(C)O[Si](C)(C)O[Si](C)(C)O[Si](C)(C)O[Si](C)(C)O[Si](C)(C)O[Si](C)(C)O[Si](C)(C)O[Si](C)(C)C. The lowest BCUT2D eigenvalue weighted by Gasteiger charge is -2.45. The molecule has 728 valence electrons. The van der Waals surface area contributed by atoms with Crippen LogP contribution in [-0.2, 0) is 123 Å². The van der Waals surface area contributed by atoms with Crippen molar-refractivity contribution in [2.45, 2.75) is 393 Å². The van der Waals surface area contributed by atoms with E-state index in [0.717, 1.165) is 0 Å². The van der Waals surface area contributed by atoms with E-state index in [-0.39, 0.29) is 0 Å². The molecule has 0 aliphatic carbocycles. The summed E-state index contributed by atoms with van der Waals surface area (Å²) < 4.78 is 206. The Hall–Kier alpha value is 5.52. The van der Waals surface area contributed by atoms with E-state index in [2.05, 4.69) is 386 Å². The zero-order chi connectivity index (χ0) is 97.1. The van der Waals surface area contributed by atoms with E-state index in [1.807, 2.05) is 6.55 Å². The molecule has 0 aromatic carbocycles. The molecule has 0 heterocycles. The van der Waals surface area contributed by atoms with Gasteiger partial charge in [-0.25, -0.2) is 0 Å². The van der Waals surface area contributed by atoms with Gasteiger partial charge in [0.15, 0.2) is 8.32 Å². The molecule has 0 aromatic heterocycles. The van der Waals surface area contributed by atoms with E-state index >= 15 is 0 Å². The molecule has 0 radical (unpaired) electrons. The van der Waals surface area contributed by atoms with Crippen LogP contribution in [0.25, 0.3) is 0 Å². The Kier molecular flexibility index (Phi) is 45.9. The number of rotatable bonds is 60. The summed E-state index contributed by atoms with van der Waals surface area (Å²) in [7, 11) is -82.8. The maximum Gasteiger partial charge on any atom is 0.314 e. The van der Waals surface area contributed by atoms with Gasteiger partial charge in [-0.1, -0.05) is 6.55 Å². The van der Waals surface area contributed by atoms with Crippen LogP contribution in [0.5, 0.6) is 0 Å². The minimum Gasteiger partial charge on any atom is -0.444 e. The molecule has 0 N–H and O–H groups in total. The number of hydrogen-bond acceptors (Lipinski definition) is 30. The minimum absolute atomic E-state index is 0.534. The van der Waals surface area contributed by atoms with Gasteiger partial charge in [0.1, 0.15) is 9.76 Å². The fourth-order valence-electron chi connectivity index (χ4n) is 17.7. The monoisotopic (exact) mass is 2250 g/mol. The fourth-order valence-corrected chi connectivity index (χ4v) is 170. The second-order valence-electron chi connectivity index (χ2n) is 44.5. The second kappa shape index (κ2) is 43.9. The molecule has 0 fully saturated rings. The van der Waals surface area contributed by atoms with Gasteiger partial charge in [-0.2, -0.15) is 0 Å². The highest BCUT2D eigenvalue weighted by Crippen LogP contribution is 2.38. The third-order valence-corrected chi connectivity index (χ3v) is 131. The molecular formula is C60H184O30Si31. The molecule has 0 bridgehead atoms. The van der Waals surface area contributed by atoms with Crippen molar-refractivity contribution in [2.75, 3.05) is 0 Å². The second-order valence-corrected chi connectivity index (χ2v) is 153. The van der Waals surface area contributed by atoms with Gasteiger partial charge in [-0.3, -0.25) is 0 Å². The van der Waals surface area contributed by atoms with E-state index in [9.17, 15) is 0 Å². The fraction of sp³-hybridized carbons (Fsp3) is 1.00. The first-order valence-electron chi connectivity index (χ1n) is 42.8. The Bertz CT molecular complexity index is 3140. The Morgan fingerprint density at radius 1 is 0.132 bits per heavy atom. The average Bonchev–Trinajstić information content (AvgIpc) is 0.812. The molecule has 2 unspecified atom stereocenters. The highest BCUT2D eigenvalue weighted by atomic mass is 28.6. The Morgan fingerprint density at radius 2 is 0.223 bits per heavy atom. The first-order valence-corrected chi connectivity index (χ1v) is 128. The molecule has 0 aliphatic heterocycles. The normalized spacial score (nSPS) is 16.7. The lowest BCUT2D eigenvalue weighted by Crippen LogP contribution is -2.63. The van der Waals surface area contributed by atoms with Crippen LogP contribution >= 0.6 is 0 Å². The molecule has 0 saturated heterocycles. The summed E-state index contributed by atoms with van der Waals surface area (Å²) in [4.78, 5) is 0. The largest absolute Gasteiger partial charge is 0.444 e. The predicted molar refractivity (Wildman–Crippen MR) is 568 cm³/mol. The molecular weight excluding hydrogens is 2070 g/mol. The van der Waals surface area contributed by atoms with Gasteiger partial charge in [0.05, 0.1) is 0 Å². The van der Waals surface area contributed by atoms with Crippen molar-refractivity contribution in [3.8, 4) is 0 Å². The third-order valence-electron chi connectivity index (χ3n) is 14.6. The molecule has 121 heavy (non-hydrogen) atoms. The highest BCUT2D eigenvalue weighted by molar-refractivity contribution is 6.99. The van der Waals surface area contributed by atoms with Crippen molar-refractivity contribution in [1.82, 2.24) is 0 Å². The zero-order valence-corrected chi connectivity index (χ0v) is 120. The van der Waals surface area contributed by atoms with Gasteiger partial charge in [-0.15, -0.1) is 0 Å². The van der Waals surface area contributed by atoms with Crippen LogP contribution < -0.4 is 0 Å². The lowest BCUT2D eigenvalue weighted by molar-refractivity contribution is 0.243. The maximum absolute atomic E-state index is 7.03. The van der Waals surface area contributed by atoms with Gasteiger partial charge < -0.3 is 123 Å². The molecule has 0 aliphatic rings. The summed E-state index contributed by atoms with van der Waals surface area (Å²) in [6.45, 7) is 124. The Labute approximate surface area is 776 Å². The summed E-state index contributed by atoms with van der Waals surface area (Å²) in [6, 6.07) is 0. The Morgan fingerprint density at radius 3 is 0.314 bits per heavy atom. The minimum atomic E-state index is -2.94. The lowest BCUT2D eigenvalue weighted by atomic mass is 11.8. The molecule has 61 heteroatoms. The highest BCUT2D eigenvalue weighted by Gasteiger charge is 2.58. The molecule has 0 saturated carbocycles. The average molecular weight is 2260 g/mol. The van der Waals surface area contributed by atoms with Gasteiger partial charge in [0.2, 0.25) is 0 Å². The van der Waals surface area contributed by atoms with Gasteiger partial charge in [0, 0.05) is 0 Å². The van der Waals surface area contributed by atoms with Crippen LogP contribution in [0, 0.1) is 0 Å². The van der Waals surface area contributed by atoms with Crippen LogP contribution in [0.4, 0.5) is 0 Å². The molecule has 0 rings (SSSR count). The molecule has 0 spiro atoms. The molecule has 2 atom stereocenters. The van der Waals surface area contributed by atoms with Gasteiger partial charge in [0.25, 0.3) is 18.6 Å². The maximum atomic E-state index is 7.03. The first-order chi connectivity index (χ1) is 51.9. The van der Waals surface area contributed by atoms with E-state index in [1.54, 1.807) is 0 Å².